The first kappa shape index (κ1) is 19.9. The van der Waals surface area contributed by atoms with Crippen molar-refractivity contribution in [3.63, 3.8) is 0 Å². The zero-order valence-corrected chi connectivity index (χ0v) is 15.2. The highest BCUT2D eigenvalue weighted by Crippen LogP contribution is 2.47. The average Bonchev–Trinajstić information content (AvgIpc) is 3.17. The van der Waals surface area contributed by atoms with Gasteiger partial charge < -0.3 is 14.9 Å². The molecular formula is C21H32O4. The van der Waals surface area contributed by atoms with Crippen molar-refractivity contribution in [1.82, 2.24) is 0 Å². The minimum atomic E-state index is -0.726. The van der Waals surface area contributed by atoms with Crippen LogP contribution in [0.2, 0.25) is 0 Å². The Balaban J connectivity index is 1.81. The Morgan fingerprint density at radius 2 is 2.12 bits per heavy atom. The summed E-state index contributed by atoms with van der Waals surface area (Å²) in [5, 5.41) is 18.7. The molecule has 2 fully saturated rings. The normalized spacial score (nSPS) is 30.2. The van der Waals surface area contributed by atoms with Crippen LogP contribution in [0.4, 0.5) is 0 Å². The molecule has 4 nitrogen and oxygen atoms in total. The van der Waals surface area contributed by atoms with Gasteiger partial charge in [0.2, 0.25) is 0 Å². The van der Waals surface area contributed by atoms with E-state index < -0.39 is 12.1 Å². The predicted molar refractivity (Wildman–Crippen MR) is 99.3 cm³/mol. The lowest BCUT2D eigenvalue weighted by atomic mass is 9.84. The second-order valence-electron chi connectivity index (χ2n) is 7.17. The molecule has 4 heteroatoms. The van der Waals surface area contributed by atoms with Gasteiger partial charge in [-0.25, -0.2) is 0 Å². The van der Waals surface area contributed by atoms with Crippen LogP contribution < -0.4 is 0 Å². The molecule has 2 rings (SSSR count). The Kier molecular flexibility index (Phi) is 8.42. The van der Waals surface area contributed by atoms with Crippen LogP contribution in [-0.2, 0) is 9.53 Å². The van der Waals surface area contributed by atoms with E-state index in [0.29, 0.717) is 36.7 Å². The number of hydrogen-bond acceptors (Lipinski definition) is 3. The molecule has 2 bridgehead atoms. The quantitative estimate of drug-likeness (QED) is 0.435. The lowest BCUT2D eigenvalue weighted by Gasteiger charge is -2.28. The monoisotopic (exact) mass is 348 g/mol. The van der Waals surface area contributed by atoms with Crippen molar-refractivity contribution < 1.29 is 19.7 Å². The van der Waals surface area contributed by atoms with Gasteiger partial charge in [-0.2, -0.15) is 0 Å². The van der Waals surface area contributed by atoms with E-state index in [0.717, 1.165) is 32.3 Å². The van der Waals surface area contributed by atoms with Crippen LogP contribution in [0.15, 0.2) is 36.5 Å². The van der Waals surface area contributed by atoms with Crippen molar-refractivity contribution >= 4 is 5.97 Å². The van der Waals surface area contributed by atoms with Gasteiger partial charge in [-0.05, 0) is 50.4 Å². The van der Waals surface area contributed by atoms with Crippen LogP contribution in [0, 0.1) is 17.8 Å². The van der Waals surface area contributed by atoms with Crippen molar-refractivity contribution in [2.24, 2.45) is 17.8 Å². The predicted octanol–water partition coefficient (Wildman–Crippen LogP) is 4.11. The highest BCUT2D eigenvalue weighted by atomic mass is 16.5. The number of unbranched alkanes of at least 4 members (excludes halogenated alkanes) is 1. The lowest BCUT2D eigenvalue weighted by Crippen LogP contribution is -2.27. The maximum Gasteiger partial charge on any atom is 0.303 e. The topological polar surface area (TPSA) is 66.8 Å². The van der Waals surface area contributed by atoms with Gasteiger partial charge >= 0.3 is 5.97 Å². The molecule has 25 heavy (non-hydrogen) atoms. The Morgan fingerprint density at radius 3 is 2.88 bits per heavy atom. The molecule has 0 amide bonds. The molecule has 1 aliphatic heterocycles. The molecule has 0 aromatic heterocycles. The summed E-state index contributed by atoms with van der Waals surface area (Å²) < 4.78 is 5.86. The second kappa shape index (κ2) is 10.6. The number of allylic oxidation sites excluding steroid dienone is 3. The highest BCUT2D eigenvalue weighted by Gasteiger charge is 2.46. The zero-order valence-electron chi connectivity index (χ0n) is 15.2. The molecule has 0 aromatic carbocycles. The van der Waals surface area contributed by atoms with E-state index in [1.165, 1.54) is 0 Å². The Hall–Kier alpha value is -1.39. The largest absolute Gasteiger partial charge is 0.481 e. The van der Waals surface area contributed by atoms with Gasteiger partial charge in [0.1, 0.15) is 0 Å². The number of carboxylic acids is 1. The molecule has 0 aromatic rings. The number of fused-ring (bicyclic) bond motifs is 2. The number of ether oxygens (including phenoxy) is 1. The van der Waals surface area contributed by atoms with Crippen LogP contribution in [0.3, 0.4) is 0 Å². The average molecular weight is 348 g/mol. The SMILES string of the molecule is CC/C=C\C[C@H](O)/C=C/[C@@H]1[C@@H](C/C=C\CCCC(=O)O)[C@H]2CO[C@H]1C2. The molecular weight excluding hydrogens is 316 g/mol. The maximum absolute atomic E-state index is 10.5. The number of carboxylic acid groups (broad SMARTS) is 1. The molecule has 140 valence electrons. The Morgan fingerprint density at radius 1 is 1.28 bits per heavy atom. The van der Waals surface area contributed by atoms with Gasteiger partial charge in [-0.15, -0.1) is 0 Å². The standard InChI is InChI=1S/C21H32O4/c1-2-3-6-9-17(22)12-13-19-18(16-14-20(19)25-15-16)10-7-4-5-8-11-21(23)24/h3-4,6-7,12-13,16-20,22H,2,5,8-11,14-15H2,1H3,(H,23,24)/b6-3-,7-4-,13-12+/t16-,17+,18+,19-,20+/m1/s1. The van der Waals surface area contributed by atoms with Gasteiger partial charge in [0.25, 0.3) is 0 Å². The molecule has 1 saturated carbocycles. The lowest BCUT2D eigenvalue weighted by molar-refractivity contribution is -0.137. The number of hydrogen-bond donors (Lipinski definition) is 2. The number of rotatable bonds is 11. The van der Waals surface area contributed by atoms with Crippen molar-refractivity contribution in [1.29, 1.82) is 0 Å². The summed E-state index contributed by atoms with van der Waals surface area (Å²) in [6.07, 6.45) is 18.0. The molecule has 2 N–H and O–H groups in total. The van der Waals surface area contributed by atoms with Crippen molar-refractivity contribution in [3.05, 3.63) is 36.5 Å². The highest BCUT2D eigenvalue weighted by molar-refractivity contribution is 5.66. The third-order valence-electron chi connectivity index (χ3n) is 5.26. The summed E-state index contributed by atoms with van der Waals surface area (Å²) in [5.74, 6) is 0.841. The second-order valence-corrected chi connectivity index (χ2v) is 7.17. The molecule has 0 unspecified atom stereocenters. The fourth-order valence-electron chi connectivity index (χ4n) is 3.93. The number of aliphatic hydroxyl groups excluding tert-OH is 1. The van der Waals surface area contributed by atoms with E-state index in [4.69, 9.17) is 9.84 Å². The third kappa shape index (κ3) is 6.44. The first-order valence-corrected chi connectivity index (χ1v) is 9.61. The summed E-state index contributed by atoms with van der Waals surface area (Å²) in [6, 6.07) is 0. The molecule has 1 aliphatic carbocycles. The zero-order chi connectivity index (χ0) is 18.1. The maximum atomic E-state index is 10.5. The van der Waals surface area contributed by atoms with Crippen LogP contribution in [-0.4, -0.2) is 35.0 Å². The van der Waals surface area contributed by atoms with E-state index in [1.807, 2.05) is 12.2 Å². The molecule has 1 saturated heterocycles. The Bertz CT molecular complexity index is 494. The van der Waals surface area contributed by atoms with Gasteiger partial charge in [0.15, 0.2) is 0 Å². The molecule has 1 heterocycles. The minimum absolute atomic E-state index is 0.238. The van der Waals surface area contributed by atoms with Gasteiger partial charge in [-0.1, -0.05) is 43.4 Å². The molecule has 2 aliphatic rings. The third-order valence-corrected chi connectivity index (χ3v) is 5.26. The van der Waals surface area contributed by atoms with Crippen LogP contribution in [0.25, 0.3) is 0 Å². The van der Waals surface area contributed by atoms with E-state index in [-0.39, 0.29) is 6.42 Å². The Labute approximate surface area is 151 Å². The number of carbonyl (C=O) groups is 1. The summed E-state index contributed by atoms with van der Waals surface area (Å²) >= 11 is 0. The van der Waals surface area contributed by atoms with Gasteiger partial charge in [-0.3, -0.25) is 4.79 Å². The van der Waals surface area contributed by atoms with Crippen molar-refractivity contribution in [2.45, 2.75) is 64.1 Å². The molecule has 5 atom stereocenters. The fourth-order valence-corrected chi connectivity index (χ4v) is 3.93. The first-order valence-electron chi connectivity index (χ1n) is 9.61. The van der Waals surface area contributed by atoms with E-state index in [1.54, 1.807) is 0 Å². The van der Waals surface area contributed by atoms with Gasteiger partial charge in [0, 0.05) is 12.3 Å². The molecule has 0 spiro atoms. The molecule has 0 radical (unpaired) electrons. The van der Waals surface area contributed by atoms with E-state index in [9.17, 15) is 9.90 Å². The summed E-state index contributed by atoms with van der Waals surface area (Å²) in [5.41, 5.74) is 0. The summed E-state index contributed by atoms with van der Waals surface area (Å²) in [4.78, 5) is 10.5. The first-order chi connectivity index (χ1) is 12.1. The summed E-state index contributed by atoms with van der Waals surface area (Å²) in [6.45, 7) is 2.94. The van der Waals surface area contributed by atoms with Crippen LogP contribution >= 0.6 is 0 Å². The van der Waals surface area contributed by atoms with E-state index >= 15 is 0 Å². The van der Waals surface area contributed by atoms with Crippen LogP contribution in [0.1, 0.15) is 51.9 Å². The minimum Gasteiger partial charge on any atom is -0.481 e. The van der Waals surface area contributed by atoms with E-state index in [2.05, 4.69) is 31.2 Å². The smallest absolute Gasteiger partial charge is 0.303 e. The summed E-state index contributed by atoms with van der Waals surface area (Å²) in [7, 11) is 0. The van der Waals surface area contributed by atoms with Crippen LogP contribution in [0.5, 0.6) is 0 Å². The van der Waals surface area contributed by atoms with Gasteiger partial charge in [0.05, 0.1) is 18.8 Å². The van der Waals surface area contributed by atoms with Crippen molar-refractivity contribution in [2.75, 3.05) is 6.61 Å². The number of aliphatic carboxylic acids is 1. The number of aliphatic hydroxyl groups is 1. The fraction of sp³-hybridized carbons (Fsp3) is 0.667. The van der Waals surface area contributed by atoms with Crippen molar-refractivity contribution in [3.8, 4) is 0 Å².